The van der Waals surface area contributed by atoms with Crippen LogP contribution < -0.4 is 0 Å². The van der Waals surface area contributed by atoms with E-state index in [4.69, 9.17) is 0 Å². The molecule has 0 amide bonds. The second-order valence-corrected chi connectivity index (χ2v) is 4.26. The van der Waals surface area contributed by atoms with Crippen LogP contribution in [0, 0.1) is 6.92 Å². The van der Waals surface area contributed by atoms with Gasteiger partial charge < -0.3 is 4.79 Å². The fourth-order valence-corrected chi connectivity index (χ4v) is 2.49. The van der Waals surface area contributed by atoms with Gasteiger partial charge in [-0.2, -0.15) is 4.37 Å². The van der Waals surface area contributed by atoms with E-state index in [1.165, 1.54) is 11.5 Å². The number of rotatable bonds is 3. The van der Waals surface area contributed by atoms with Crippen LogP contribution in [0.2, 0.25) is 6.82 Å². The van der Waals surface area contributed by atoms with Gasteiger partial charge in [0.05, 0.1) is 10.6 Å². The van der Waals surface area contributed by atoms with Gasteiger partial charge in [-0.3, -0.25) is 0 Å². The Morgan fingerprint density at radius 3 is 2.62 bits per heavy atom. The third-order valence-corrected chi connectivity index (χ3v) is 3.39. The summed E-state index contributed by atoms with van der Waals surface area (Å²) in [5, 5.41) is 0. The third kappa shape index (κ3) is 1.93. The Hall–Kier alpha value is -1.42. The molecule has 0 spiro atoms. The summed E-state index contributed by atoms with van der Waals surface area (Å²) >= 11 is 1.38. The van der Waals surface area contributed by atoms with Crippen molar-refractivity contribution in [2.75, 3.05) is 0 Å². The predicted octanol–water partition coefficient (Wildman–Crippen LogP) is 3.01. The van der Waals surface area contributed by atoms with Gasteiger partial charge in [-0.25, -0.2) is 0 Å². The van der Waals surface area contributed by atoms with Crippen molar-refractivity contribution in [3.8, 4) is 10.4 Å². The molecule has 4 heteroatoms. The predicted molar refractivity (Wildman–Crippen MR) is 68.2 cm³/mol. The van der Waals surface area contributed by atoms with Crippen LogP contribution in [0.3, 0.4) is 0 Å². The highest BCUT2D eigenvalue weighted by atomic mass is 32.1. The van der Waals surface area contributed by atoms with E-state index < -0.39 is 0 Å². The molecule has 2 aromatic rings. The zero-order valence-electron chi connectivity index (χ0n) is 9.23. The maximum atomic E-state index is 11.8. The molecule has 1 radical (unpaired) electrons. The molecular formula is C12H11BNOS. The minimum Gasteiger partial charge on any atom is -0.307 e. The number of carbonyl (C=O) groups is 1. The highest BCUT2D eigenvalue weighted by Gasteiger charge is 2.17. The van der Waals surface area contributed by atoms with Crippen LogP contribution in [0.4, 0.5) is 0 Å². The highest BCUT2D eigenvalue weighted by molar-refractivity contribution is 7.10. The molecule has 2 rings (SSSR count). The number of hydrogen-bond acceptors (Lipinski definition) is 3. The lowest BCUT2D eigenvalue weighted by molar-refractivity contribution is 0.107. The van der Waals surface area contributed by atoms with Crippen molar-refractivity contribution in [2.45, 2.75) is 13.7 Å². The minimum absolute atomic E-state index is 0.0464. The van der Waals surface area contributed by atoms with Crippen LogP contribution in [-0.4, -0.2) is 17.3 Å². The Morgan fingerprint density at radius 1 is 1.31 bits per heavy atom. The van der Waals surface area contributed by atoms with Gasteiger partial charge in [-0.15, -0.1) is 0 Å². The van der Waals surface area contributed by atoms with Crippen LogP contribution in [-0.2, 0) is 0 Å². The molecule has 0 bridgehead atoms. The number of hydrogen-bond donors (Lipinski definition) is 0. The van der Waals surface area contributed by atoms with E-state index >= 15 is 0 Å². The second kappa shape index (κ2) is 4.62. The van der Waals surface area contributed by atoms with E-state index in [2.05, 4.69) is 4.37 Å². The molecule has 0 aliphatic heterocycles. The lowest BCUT2D eigenvalue weighted by Crippen LogP contribution is -2.07. The summed E-state index contributed by atoms with van der Waals surface area (Å²) in [4.78, 5) is 12.8. The average molecular weight is 228 g/mol. The van der Waals surface area contributed by atoms with Crippen molar-refractivity contribution >= 4 is 24.5 Å². The molecule has 0 unspecified atom stereocenters. The number of aryl methyl sites for hydroxylation is 1. The number of carbonyl (C=O) groups excluding carboxylic acids is 1. The van der Waals surface area contributed by atoms with Gasteiger partial charge in [0.2, 0.25) is 7.28 Å². The monoisotopic (exact) mass is 228 g/mol. The van der Waals surface area contributed by atoms with Crippen molar-refractivity contribution in [2.24, 2.45) is 0 Å². The van der Waals surface area contributed by atoms with Crippen LogP contribution >= 0.6 is 11.5 Å². The quantitative estimate of drug-likeness (QED) is 0.756. The molecule has 0 aliphatic rings. The van der Waals surface area contributed by atoms with Gasteiger partial charge in [-0.1, -0.05) is 37.2 Å². The zero-order chi connectivity index (χ0) is 11.5. The van der Waals surface area contributed by atoms with Crippen LogP contribution in [0.5, 0.6) is 0 Å². The van der Waals surface area contributed by atoms with Crippen molar-refractivity contribution in [3.05, 3.63) is 41.6 Å². The van der Waals surface area contributed by atoms with Gasteiger partial charge in [-0.05, 0) is 24.0 Å². The number of aromatic nitrogens is 1. The molecule has 0 N–H and O–H groups in total. The summed E-state index contributed by atoms with van der Waals surface area (Å²) in [6, 6.07) is 9.90. The van der Waals surface area contributed by atoms with E-state index in [1.807, 2.05) is 37.3 Å². The molecule has 0 atom stereocenters. The summed E-state index contributed by atoms with van der Waals surface area (Å²) in [6.07, 6.45) is 0. The normalized spacial score (nSPS) is 10.1. The summed E-state index contributed by atoms with van der Waals surface area (Å²) < 4.78 is 4.26. The Morgan fingerprint density at radius 2 is 2.00 bits per heavy atom. The van der Waals surface area contributed by atoms with E-state index in [-0.39, 0.29) is 5.68 Å². The van der Waals surface area contributed by atoms with Crippen LogP contribution in [0.15, 0.2) is 30.3 Å². The van der Waals surface area contributed by atoms with Gasteiger partial charge in [0, 0.05) is 5.56 Å². The first kappa shape index (κ1) is 11.1. The van der Waals surface area contributed by atoms with Gasteiger partial charge in [0.1, 0.15) is 5.68 Å². The summed E-state index contributed by atoms with van der Waals surface area (Å²) in [6.45, 7) is 3.63. The lowest BCUT2D eigenvalue weighted by atomic mass is 9.72. The number of nitrogens with zero attached hydrogens (tertiary/aromatic N) is 1. The molecule has 16 heavy (non-hydrogen) atoms. The van der Waals surface area contributed by atoms with Gasteiger partial charge >= 0.3 is 0 Å². The zero-order valence-corrected chi connectivity index (χ0v) is 10.0. The summed E-state index contributed by atoms with van der Waals surface area (Å²) in [5.74, 6) is 0. The Kier molecular flexibility index (Phi) is 3.20. The van der Waals surface area contributed by atoms with Crippen LogP contribution in [0.1, 0.15) is 16.1 Å². The summed E-state index contributed by atoms with van der Waals surface area (Å²) in [7, 11) is 1.59. The molecule has 0 saturated carbocycles. The third-order valence-electron chi connectivity index (χ3n) is 2.41. The first-order valence-corrected chi connectivity index (χ1v) is 5.86. The molecule has 1 heterocycles. The van der Waals surface area contributed by atoms with Crippen molar-refractivity contribution in [1.82, 2.24) is 4.37 Å². The maximum absolute atomic E-state index is 11.8. The fraction of sp³-hybridized carbons (Fsp3) is 0.167. The van der Waals surface area contributed by atoms with E-state index in [0.29, 0.717) is 0 Å². The van der Waals surface area contributed by atoms with Crippen molar-refractivity contribution in [1.29, 1.82) is 0 Å². The molecule has 2 nitrogen and oxygen atoms in total. The Bertz CT molecular complexity index is 507. The lowest BCUT2D eigenvalue weighted by Gasteiger charge is -2.01. The topological polar surface area (TPSA) is 30.0 Å². The molecular weight excluding hydrogens is 217 g/mol. The standard InChI is InChI=1S/C12H11BNOS/c1-8-10(12(15)13-2)11(16-14-8)9-6-4-3-5-7-9/h3-7H,1-2H3. The van der Waals surface area contributed by atoms with Gasteiger partial charge in [0.25, 0.3) is 0 Å². The van der Waals surface area contributed by atoms with Gasteiger partial charge in [0.15, 0.2) is 0 Å². The molecule has 0 saturated heterocycles. The number of benzene rings is 1. The first-order valence-electron chi connectivity index (χ1n) is 5.09. The molecule has 0 aliphatic carbocycles. The molecule has 1 aromatic heterocycles. The summed E-state index contributed by atoms with van der Waals surface area (Å²) in [5.41, 5.74) is 2.65. The maximum Gasteiger partial charge on any atom is 0.206 e. The SMILES string of the molecule is C[B]C(=O)c1c(C)nsc1-c1ccccc1. The van der Waals surface area contributed by atoms with Crippen molar-refractivity contribution in [3.63, 3.8) is 0 Å². The first-order chi connectivity index (χ1) is 7.74. The Balaban J connectivity index is 2.55. The fourth-order valence-electron chi connectivity index (χ4n) is 1.59. The highest BCUT2D eigenvalue weighted by Crippen LogP contribution is 2.30. The van der Waals surface area contributed by atoms with E-state index in [0.717, 1.165) is 21.7 Å². The largest absolute Gasteiger partial charge is 0.307 e. The van der Waals surface area contributed by atoms with E-state index in [1.54, 1.807) is 14.1 Å². The average Bonchev–Trinajstić information content (AvgIpc) is 2.71. The molecule has 0 fully saturated rings. The molecule has 79 valence electrons. The van der Waals surface area contributed by atoms with Crippen LogP contribution in [0.25, 0.3) is 10.4 Å². The van der Waals surface area contributed by atoms with Crippen molar-refractivity contribution < 1.29 is 4.79 Å². The Labute approximate surface area is 99.7 Å². The van der Waals surface area contributed by atoms with E-state index in [9.17, 15) is 4.79 Å². The second-order valence-electron chi connectivity index (χ2n) is 3.49. The smallest absolute Gasteiger partial charge is 0.206 e. The minimum atomic E-state index is 0.0464. The molecule has 1 aromatic carbocycles.